The van der Waals surface area contributed by atoms with Crippen molar-refractivity contribution in [2.45, 2.75) is 0 Å². The third kappa shape index (κ3) is 3.18. The van der Waals surface area contributed by atoms with Gasteiger partial charge in [0.15, 0.2) is 11.0 Å². The molecule has 43 heavy (non-hydrogen) atoms. The maximum Gasteiger partial charge on any atom is 0.298 e. The van der Waals surface area contributed by atoms with Crippen molar-refractivity contribution in [3.8, 4) is 17.1 Å². The summed E-state index contributed by atoms with van der Waals surface area (Å²) in [6.45, 7) is 0. The Morgan fingerprint density at radius 3 is 1.58 bits per heavy atom. The number of hydrogen-bond donors (Lipinski definition) is 0. The van der Waals surface area contributed by atoms with Gasteiger partial charge in [-0.05, 0) is 42.5 Å². The van der Waals surface area contributed by atoms with Crippen molar-refractivity contribution in [1.29, 1.82) is 0 Å². The summed E-state index contributed by atoms with van der Waals surface area (Å²) in [5, 5.41) is 7.26. The van der Waals surface area contributed by atoms with Gasteiger partial charge in [-0.1, -0.05) is 91.0 Å². The van der Waals surface area contributed by atoms with E-state index in [2.05, 4.69) is 142 Å². The van der Waals surface area contributed by atoms with Crippen molar-refractivity contribution in [2.24, 2.45) is 7.05 Å². The van der Waals surface area contributed by atoms with E-state index in [1.165, 1.54) is 54.4 Å². The number of hydrogen-bond acceptors (Lipinski definition) is 1. The van der Waals surface area contributed by atoms with Crippen LogP contribution in [0.3, 0.4) is 0 Å². The highest BCUT2D eigenvalue weighted by atomic mass is 16.5. The number of para-hydroxylation sites is 6. The van der Waals surface area contributed by atoms with Crippen LogP contribution in [0.2, 0.25) is 0 Å². The van der Waals surface area contributed by atoms with E-state index in [9.17, 15) is 0 Å². The molecule has 0 saturated heterocycles. The molecule has 0 bridgehead atoms. The van der Waals surface area contributed by atoms with Gasteiger partial charge in [-0.2, -0.15) is 4.40 Å². The Kier molecular flexibility index (Phi) is 5.00. The standard InChI is InChI=1S/C39H28N3O/c1-40-35-23-12-19-30-29-18-11-17-28-27-15-5-8-21-33(27)41(37(28)29)32-20-7-3-13-25(32)26-14-4-9-22-34(26)42(38(30)35)39(40)31-16-6-10-24-36(31)43-2/h3-24H,1-2H3/q+1. The Bertz CT molecular complexity index is 2620. The molecule has 3 heterocycles. The molecule has 0 fully saturated rings. The number of ether oxygens (including phenoxy) is 1. The molecular weight excluding hydrogens is 526 g/mol. The number of fused-ring (bicyclic) bond motifs is 9. The van der Waals surface area contributed by atoms with Crippen LogP contribution in [0.4, 0.5) is 0 Å². The number of methoxy groups -OCH3 is 1. The zero-order valence-corrected chi connectivity index (χ0v) is 24.0. The van der Waals surface area contributed by atoms with Crippen LogP contribution < -0.4 is 9.30 Å². The molecule has 4 heteroatoms. The lowest BCUT2D eigenvalue weighted by atomic mass is 10.1. The van der Waals surface area contributed by atoms with Crippen molar-refractivity contribution in [3.05, 3.63) is 133 Å². The summed E-state index contributed by atoms with van der Waals surface area (Å²) in [5.41, 5.74) is 8.09. The lowest BCUT2D eigenvalue weighted by Gasteiger charge is -2.08. The van der Waals surface area contributed by atoms with Gasteiger partial charge in [0.05, 0.1) is 30.7 Å². The minimum atomic E-state index is 0.843. The summed E-state index contributed by atoms with van der Waals surface area (Å²) in [7, 11) is 3.91. The Balaban J connectivity index is 1.73. The Labute approximate surface area is 247 Å². The summed E-state index contributed by atoms with van der Waals surface area (Å²) in [5.74, 6) is 1.91. The third-order valence-corrected chi connectivity index (χ3v) is 9.04. The number of aromatic nitrogens is 3. The maximum absolute atomic E-state index is 5.94. The Morgan fingerprint density at radius 2 is 0.930 bits per heavy atom. The first kappa shape index (κ1) is 24.0. The van der Waals surface area contributed by atoms with Crippen LogP contribution in [0.5, 0.6) is 5.75 Å². The van der Waals surface area contributed by atoms with Crippen LogP contribution >= 0.6 is 0 Å². The van der Waals surface area contributed by atoms with E-state index in [4.69, 9.17) is 4.74 Å². The first-order chi connectivity index (χ1) is 21.3. The molecule has 204 valence electrons. The average Bonchev–Trinajstić information content (AvgIpc) is 3.56. The van der Waals surface area contributed by atoms with Gasteiger partial charge >= 0.3 is 0 Å². The first-order valence-electron chi connectivity index (χ1n) is 14.6. The maximum atomic E-state index is 5.94. The second kappa shape index (κ2) is 8.94. The molecule has 0 atom stereocenters. The molecule has 4 nitrogen and oxygen atoms in total. The molecule has 3 aromatic heterocycles. The van der Waals surface area contributed by atoms with Gasteiger partial charge in [0.25, 0.3) is 5.82 Å². The molecule has 0 radical (unpaired) electrons. The average molecular weight is 555 g/mol. The quantitative estimate of drug-likeness (QED) is 0.195. The molecule has 0 aliphatic carbocycles. The summed E-state index contributed by atoms with van der Waals surface area (Å²) < 4.78 is 13.2. The van der Waals surface area contributed by atoms with Gasteiger partial charge in [-0.3, -0.25) is 0 Å². The van der Waals surface area contributed by atoms with Gasteiger partial charge in [0.2, 0.25) is 0 Å². The molecule has 0 aliphatic heterocycles. The fraction of sp³-hybridized carbons (Fsp3) is 0.0513. The highest BCUT2D eigenvalue weighted by molar-refractivity contribution is 6.22. The van der Waals surface area contributed by atoms with E-state index < -0.39 is 0 Å². The van der Waals surface area contributed by atoms with Gasteiger partial charge in [0.1, 0.15) is 16.8 Å². The topological polar surface area (TPSA) is 21.9 Å². The zero-order valence-electron chi connectivity index (χ0n) is 24.0. The normalized spacial score (nSPS) is 12.0. The third-order valence-electron chi connectivity index (χ3n) is 9.04. The van der Waals surface area contributed by atoms with Gasteiger partial charge in [-0.25, -0.2) is 4.57 Å². The zero-order chi connectivity index (χ0) is 28.7. The van der Waals surface area contributed by atoms with E-state index in [1.807, 2.05) is 12.1 Å². The van der Waals surface area contributed by atoms with Crippen molar-refractivity contribution >= 4 is 65.4 Å². The summed E-state index contributed by atoms with van der Waals surface area (Å²) in [6.07, 6.45) is 0. The van der Waals surface area contributed by atoms with Crippen molar-refractivity contribution < 1.29 is 9.30 Å². The second-order valence-electron chi connectivity index (χ2n) is 11.2. The minimum Gasteiger partial charge on any atom is -0.496 e. The number of nitrogens with zero attached hydrogens (tertiary/aromatic N) is 3. The highest BCUT2D eigenvalue weighted by Gasteiger charge is 2.28. The van der Waals surface area contributed by atoms with Crippen molar-refractivity contribution in [1.82, 2.24) is 8.80 Å². The van der Waals surface area contributed by atoms with E-state index >= 15 is 0 Å². The molecule has 0 saturated carbocycles. The van der Waals surface area contributed by atoms with Crippen molar-refractivity contribution in [2.75, 3.05) is 7.11 Å². The van der Waals surface area contributed by atoms with E-state index in [1.54, 1.807) is 7.11 Å². The molecule has 6 aromatic carbocycles. The van der Waals surface area contributed by atoms with E-state index in [-0.39, 0.29) is 0 Å². The van der Waals surface area contributed by atoms with Crippen LogP contribution in [-0.4, -0.2) is 15.9 Å². The molecule has 0 aliphatic rings. The highest BCUT2D eigenvalue weighted by Crippen LogP contribution is 2.39. The largest absolute Gasteiger partial charge is 0.496 e. The molecule has 0 spiro atoms. The van der Waals surface area contributed by atoms with Crippen LogP contribution in [0, 0.1) is 0 Å². The molecule has 9 rings (SSSR count). The van der Waals surface area contributed by atoms with Crippen LogP contribution in [0.15, 0.2) is 133 Å². The van der Waals surface area contributed by atoms with Crippen molar-refractivity contribution in [3.63, 3.8) is 0 Å². The van der Waals surface area contributed by atoms with E-state index in [0.717, 1.165) is 28.2 Å². The predicted octanol–water partition coefficient (Wildman–Crippen LogP) is 9.02. The molecular formula is C39H28N3O+. The van der Waals surface area contributed by atoms with Crippen LogP contribution in [0.1, 0.15) is 0 Å². The summed E-state index contributed by atoms with van der Waals surface area (Å²) >= 11 is 0. The van der Waals surface area contributed by atoms with Crippen LogP contribution in [-0.2, 0) is 7.05 Å². The lowest BCUT2D eigenvalue weighted by Crippen LogP contribution is -2.29. The Morgan fingerprint density at radius 1 is 0.465 bits per heavy atom. The number of rotatable bonds is 2. The fourth-order valence-corrected chi connectivity index (χ4v) is 7.27. The minimum absolute atomic E-state index is 0.843. The fourth-order valence-electron chi connectivity index (χ4n) is 7.27. The molecule has 0 amide bonds. The second-order valence-corrected chi connectivity index (χ2v) is 11.2. The van der Waals surface area contributed by atoms with E-state index in [0.29, 0.717) is 0 Å². The number of benzene rings is 6. The molecule has 0 N–H and O–H groups in total. The predicted molar refractivity (Wildman–Crippen MR) is 178 cm³/mol. The number of imidazole rings is 1. The summed E-state index contributed by atoms with van der Waals surface area (Å²) in [4.78, 5) is 0. The van der Waals surface area contributed by atoms with Crippen LogP contribution in [0.25, 0.3) is 76.8 Å². The smallest absolute Gasteiger partial charge is 0.298 e. The lowest BCUT2D eigenvalue weighted by molar-refractivity contribution is -0.633. The monoisotopic (exact) mass is 554 g/mol. The number of aryl methyl sites for hydroxylation is 1. The van der Waals surface area contributed by atoms with Gasteiger partial charge < -0.3 is 9.14 Å². The Hall–Kier alpha value is -5.61. The molecule has 9 aromatic rings. The first-order valence-corrected chi connectivity index (χ1v) is 14.6. The van der Waals surface area contributed by atoms with Gasteiger partial charge in [-0.15, -0.1) is 0 Å². The van der Waals surface area contributed by atoms with Gasteiger partial charge in [0, 0.05) is 32.3 Å². The molecule has 0 unspecified atom stereocenters. The summed E-state index contributed by atoms with van der Waals surface area (Å²) in [6, 6.07) is 48.1. The SMILES string of the molecule is COc1ccccc1-c1n2c3ccccc3c3ccccc3n3c4ccccc4c4cccc(c5cccc(c52)[n+]1C)c43.